The predicted molar refractivity (Wildman–Crippen MR) is 110 cm³/mol. The minimum Gasteiger partial charge on any atom is -0.312 e. The molecule has 1 atom stereocenters. The fourth-order valence-electron chi connectivity index (χ4n) is 4.55. The molecule has 0 spiro atoms. The van der Waals surface area contributed by atoms with Crippen LogP contribution in [-0.4, -0.2) is 51.4 Å². The molecule has 4 rings (SSSR count). The van der Waals surface area contributed by atoms with E-state index in [0.29, 0.717) is 24.0 Å². The van der Waals surface area contributed by atoms with Crippen molar-refractivity contribution < 1.29 is 13.2 Å². The van der Waals surface area contributed by atoms with E-state index in [2.05, 4.69) is 16.5 Å². The molecule has 0 radical (unpaired) electrons. The zero-order chi connectivity index (χ0) is 19.7. The number of amides is 1. The van der Waals surface area contributed by atoms with Crippen LogP contribution in [0.15, 0.2) is 23.1 Å². The number of carbonyl (C=O) groups excluding carboxylic acids is 1. The van der Waals surface area contributed by atoms with Crippen LogP contribution >= 0.6 is 0 Å². The minimum absolute atomic E-state index is 0.178. The van der Waals surface area contributed by atoms with Crippen molar-refractivity contribution in [3.05, 3.63) is 23.8 Å². The molecular weight excluding hydrogens is 374 g/mol. The number of carbonyl (C=O) groups is 1. The van der Waals surface area contributed by atoms with Crippen LogP contribution in [0.4, 0.5) is 5.69 Å². The van der Waals surface area contributed by atoms with E-state index in [1.54, 1.807) is 18.2 Å². The SMILES string of the molecule is CCC1CCCCN1CCNS(=O)(=O)c1ccc2c(c1)CCN2C(=O)C1CC1. The van der Waals surface area contributed by atoms with Crippen LogP contribution in [0.3, 0.4) is 0 Å². The molecule has 28 heavy (non-hydrogen) atoms. The normalized spacial score (nSPS) is 23.0. The minimum atomic E-state index is -3.53. The van der Waals surface area contributed by atoms with Gasteiger partial charge in [-0.15, -0.1) is 0 Å². The fourth-order valence-corrected chi connectivity index (χ4v) is 5.62. The number of nitrogens with zero attached hydrogens (tertiary/aromatic N) is 2. The van der Waals surface area contributed by atoms with Crippen LogP contribution in [0, 0.1) is 5.92 Å². The van der Waals surface area contributed by atoms with Crippen LogP contribution < -0.4 is 9.62 Å². The van der Waals surface area contributed by atoms with Gasteiger partial charge in [-0.05, 0) is 68.8 Å². The summed E-state index contributed by atoms with van der Waals surface area (Å²) in [6.07, 6.45) is 7.50. The van der Waals surface area contributed by atoms with Gasteiger partial charge in [-0.1, -0.05) is 13.3 Å². The number of fused-ring (bicyclic) bond motifs is 1. The van der Waals surface area contributed by atoms with Crippen molar-refractivity contribution in [1.29, 1.82) is 0 Å². The zero-order valence-corrected chi connectivity index (χ0v) is 17.5. The average Bonchev–Trinajstić information content (AvgIpc) is 3.46. The van der Waals surface area contributed by atoms with E-state index in [1.165, 1.54) is 19.3 Å². The highest BCUT2D eigenvalue weighted by molar-refractivity contribution is 7.89. The summed E-state index contributed by atoms with van der Waals surface area (Å²) in [5.74, 6) is 0.372. The Kier molecular flexibility index (Phi) is 5.76. The number of hydrogen-bond donors (Lipinski definition) is 1. The van der Waals surface area contributed by atoms with Crippen molar-refractivity contribution in [2.45, 2.75) is 62.8 Å². The van der Waals surface area contributed by atoms with Crippen molar-refractivity contribution in [2.24, 2.45) is 5.92 Å². The molecular formula is C21H31N3O3S. The van der Waals surface area contributed by atoms with Gasteiger partial charge in [0.05, 0.1) is 4.90 Å². The largest absolute Gasteiger partial charge is 0.312 e. The van der Waals surface area contributed by atoms with Crippen molar-refractivity contribution in [3.63, 3.8) is 0 Å². The summed E-state index contributed by atoms with van der Waals surface area (Å²) in [7, 11) is -3.53. The second-order valence-electron chi connectivity index (χ2n) is 8.30. The van der Waals surface area contributed by atoms with Gasteiger partial charge in [-0.25, -0.2) is 13.1 Å². The fraction of sp³-hybridized carbons (Fsp3) is 0.667. The molecule has 6 nitrogen and oxygen atoms in total. The molecule has 1 saturated carbocycles. The first kappa shape index (κ1) is 19.9. The van der Waals surface area contributed by atoms with Crippen LogP contribution in [0.5, 0.6) is 0 Å². The summed E-state index contributed by atoms with van der Waals surface area (Å²) in [6.45, 7) is 5.11. The number of rotatable bonds is 7. The quantitative estimate of drug-likeness (QED) is 0.757. The molecule has 1 aliphatic carbocycles. The van der Waals surface area contributed by atoms with Crippen molar-refractivity contribution >= 4 is 21.6 Å². The van der Waals surface area contributed by atoms with Crippen LogP contribution in [0.2, 0.25) is 0 Å². The Balaban J connectivity index is 1.38. The Morgan fingerprint density at radius 2 is 2.00 bits per heavy atom. The summed E-state index contributed by atoms with van der Waals surface area (Å²) < 4.78 is 28.3. The standard InChI is InChI=1S/C21H31N3O3S/c1-2-18-5-3-4-12-23(18)14-11-22-28(26,27)19-8-9-20-17(15-19)10-13-24(20)21(25)16-6-7-16/h8-9,15-16,18,22H,2-7,10-14H2,1H3. The number of anilines is 1. The van der Waals surface area contributed by atoms with Gasteiger partial charge in [0.15, 0.2) is 0 Å². The third-order valence-electron chi connectivity index (χ3n) is 6.36. The molecule has 1 aromatic carbocycles. The van der Waals surface area contributed by atoms with Crippen molar-refractivity contribution in [1.82, 2.24) is 9.62 Å². The van der Waals surface area contributed by atoms with Gasteiger partial charge in [-0.3, -0.25) is 9.69 Å². The van der Waals surface area contributed by atoms with Gasteiger partial charge >= 0.3 is 0 Å². The number of hydrogen-bond acceptors (Lipinski definition) is 4. The lowest BCUT2D eigenvalue weighted by atomic mass is 10.0. The molecule has 3 aliphatic rings. The molecule has 0 bridgehead atoms. The molecule has 1 saturated heterocycles. The molecule has 1 unspecified atom stereocenters. The molecule has 2 aliphatic heterocycles. The van der Waals surface area contributed by atoms with E-state index in [9.17, 15) is 13.2 Å². The Bertz CT molecular complexity index is 835. The molecule has 1 amide bonds. The highest BCUT2D eigenvalue weighted by Gasteiger charge is 2.36. The van der Waals surface area contributed by atoms with E-state index in [4.69, 9.17) is 0 Å². The van der Waals surface area contributed by atoms with Gasteiger partial charge in [-0.2, -0.15) is 0 Å². The van der Waals surface area contributed by atoms with Crippen molar-refractivity contribution in [2.75, 3.05) is 31.1 Å². The summed E-state index contributed by atoms with van der Waals surface area (Å²) >= 11 is 0. The van der Waals surface area contributed by atoms with Gasteiger partial charge in [0.25, 0.3) is 0 Å². The number of piperidine rings is 1. The van der Waals surface area contributed by atoms with Gasteiger partial charge < -0.3 is 4.90 Å². The van der Waals surface area contributed by atoms with Crippen LogP contribution in [-0.2, 0) is 21.2 Å². The van der Waals surface area contributed by atoms with E-state index in [1.807, 2.05) is 4.90 Å². The van der Waals surface area contributed by atoms with E-state index < -0.39 is 10.0 Å². The highest BCUT2D eigenvalue weighted by atomic mass is 32.2. The van der Waals surface area contributed by atoms with Crippen molar-refractivity contribution in [3.8, 4) is 0 Å². The van der Waals surface area contributed by atoms with Crippen LogP contribution in [0.25, 0.3) is 0 Å². The lowest BCUT2D eigenvalue weighted by Crippen LogP contribution is -2.43. The average molecular weight is 406 g/mol. The first-order valence-electron chi connectivity index (χ1n) is 10.7. The molecule has 2 heterocycles. The van der Waals surface area contributed by atoms with E-state index in [-0.39, 0.29) is 11.8 Å². The lowest BCUT2D eigenvalue weighted by Gasteiger charge is -2.35. The third kappa shape index (κ3) is 4.11. The molecule has 1 aromatic rings. The van der Waals surface area contributed by atoms with Gasteiger partial charge in [0, 0.05) is 37.3 Å². The first-order chi connectivity index (χ1) is 13.5. The monoisotopic (exact) mass is 405 g/mol. The van der Waals surface area contributed by atoms with E-state index in [0.717, 1.165) is 50.0 Å². The maximum atomic E-state index is 12.7. The van der Waals surface area contributed by atoms with Crippen LogP contribution in [0.1, 0.15) is 51.0 Å². The second kappa shape index (κ2) is 8.13. The number of sulfonamides is 1. The Hall–Kier alpha value is -1.44. The van der Waals surface area contributed by atoms with Gasteiger partial charge in [0.1, 0.15) is 0 Å². The maximum absolute atomic E-state index is 12.7. The number of benzene rings is 1. The number of likely N-dealkylation sites (tertiary alicyclic amines) is 1. The second-order valence-corrected chi connectivity index (χ2v) is 10.1. The molecule has 7 heteroatoms. The molecule has 154 valence electrons. The lowest BCUT2D eigenvalue weighted by molar-refractivity contribution is -0.119. The Morgan fingerprint density at radius 1 is 1.18 bits per heavy atom. The summed E-state index contributed by atoms with van der Waals surface area (Å²) in [5, 5.41) is 0. The topological polar surface area (TPSA) is 69.7 Å². The number of nitrogens with one attached hydrogen (secondary N) is 1. The molecule has 0 aromatic heterocycles. The maximum Gasteiger partial charge on any atom is 0.240 e. The van der Waals surface area contributed by atoms with E-state index >= 15 is 0 Å². The predicted octanol–water partition coefficient (Wildman–Crippen LogP) is 2.53. The summed E-state index contributed by atoms with van der Waals surface area (Å²) in [4.78, 5) is 16.9. The Labute approximate surface area is 168 Å². The summed E-state index contributed by atoms with van der Waals surface area (Å²) in [5.41, 5.74) is 1.84. The van der Waals surface area contributed by atoms with Gasteiger partial charge in [0.2, 0.25) is 15.9 Å². The molecule has 2 fully saturated rings. The highest BCUT2D eigenvalue weighted by Crippen LogP contribution is 2.37. The smallest absolute Gasteiger partial charge is 0.240 e. The molecule has 1 N–H and O–H groups in total. The third-order valence-corrected chi connectivity index (χ3v) is 7.82. The summed E-state index contributed by atoms with van der Waals surface area (Å²) in [6, 6.07) is 5.76. The zero-order valence-electron chi connectivity index (χ0n) is 16.7. The first-order valence-corrected chi connectivity index (χ1v) is 12.2. The Morgan fingerprint density at radius 3 is 2.75 bits per heavy atom.